The van der Waals surface area contributed by atoms with Crippen molar-refractivity contribution in [3.8, 4) is 0 Å². The summed E-state index contributed by atoms with van der Waals surface area (Å²) in [5.74, 6) is -0.280. The molecule has 1 aromatic rings. The van der Waals surface area contributed by atoms with Crippen molar-refractivity contribution < 1.29 is 12.2 Å². The predicted octanol–water partition coefficient (Wildman–Crippen LogP) is 2.29. The van der Waals surface area contributed by atoms with Gasteiger partial charge in [-0.25, -0.2) is 4.39 Å². The molecule has 3 N–H and O–H groups in total. The van der Waals surface area contributed by atoms with Crippen molar-refractivity contribution in [2.75, 3.05) is 6.56 Å². The zero-order valence-electron chi connectivity index (χ0n) is 13.0. The smallest absolute Gasteiger partial charge is 0.146 e. The normalized spacial score (nSPS) is 33.9. The van der Waals surface area contributed by atoms with E-state index in [2.05, 4.69) is 4.98 Å². The van der Waals surface area contributed by atoms with Crippen molar-refractivity contribution >= 4 is 0 Å². The van der Waals surface area contributed by atoms with Crippen molar-refractivity contribution in [2.24, 2.45) is 11.1 Å². The highest BCUT2D eigenvalue weighted by Crippen LogP contribution is 2.51. The Bertz CT molecular complexity index is 522. The molecule has 1 saturated carbocycles. The van der Waals surface area contributed by atoms with Crippen molar-refractivity contribution in [1.29, 1.82) is 0 Å². The fourth-order valence-electron chi connectivity index (χ4n) is 2.72. The van der Waals surface area contributed by atoms with Crippen LogP contribution < -0.4 is 5.73 Å². The lowest BCUT2D eigenvalue weighted by molar-refractivity contribution is -0.0143. The first-order chi connectivity index (χ1) is 8.98. The third kappa shape index (κ3) is 2.15. The molecule has 0 saturated heterocycles. The van der Waals surface area contributed by atoms with Gasteiger partial charge in [-0.3, -0.25) is 4.98 Å². The third-order valence-corrected chi connectivity index (χ3v) is 3.68. The van der Waals surface area contributed by atoms with Crippen LogP contribution in [-0.4, -0.2) is 16.6 Å². The van der Waals surface area contributed by atoms with E-state index >= 15 is 0 Å². The lowest BCUT2D eigenvalue weighted by Gasteiger charge is -2.51. The van der Waals surface area contributed by atoms with E-state index in [0.29, 0.717) is 0 Å². The Balaban J connectivity index is 2.27. The fourth-order valence-corrected chi connectivity index (χ4v) is 2.72. The van der Waals surface area contributed by atoms with Gasteiger partial charge < -0.3 is 10.8 Å². The SMILES string of the molecule is [2H]C([2H])(O)C1(C)CC(N)(c2ncc(C(C)C)cc2F)C1. The molecule has 0 aromatic carbocycles. The molecular weight excluding hydrogens is 231 g/mol. The van der Waals surface area contributed by atoms with Crippen LogP contribution in [0.5, 0.6) is 0 Å². The van der Waals surface area contributed by atoms with Crippen molar-refractivity contribution in [3.05, 3.63) is 29.3 Å². The van der Waals surface area contributed by atoms with E-state index in [9.17, 15) is 9.50 Å². The molecule has 1 aliphatic carbocycles. The molecule has 0 radical (unpaired) electrons. The van der Waals surface area contributed by atoms with E-state index in [4.69, 9.17) is 8.48 Å². The van der Waals surface area contributed by atoms with Crippen LogP contribution in [0.25, 0.3) is 0 Å². The summed E-state index contributed by atoms with van der Waals surface area (Å²) in [7, 11) is 0. The van der Waals surface area contributed by atoms with Gasteiger partial charge in [0, 0.05) is 12.8 Å². The molecule has 1 heterocycles. The maximum atomic E-state index is 14.2. The molecule has 0 spiro atoms. The second-order valence-corrected chi connectivity index (χ2v) is 5.94. The van der Waals surface area contributed by atoms with E-state index in [0.717, 1.165) is 5.56 Å². The Morgan fingerprint density at radius 1 is 1.61 bits per heavy atom. The summed E-state index contributed by atoms with van der Waals surface area (Å²) >= 11 is 0. The van der Waals surface area contributed by atoms with Crippen LogP contribution in [0.1, 0.15) is 53.5 Å². The molecule has 1 fully saturated rings. The minimum atomic E-state index is -2.33. The van der Waals surface area contributed by atoms with Gasteiger partial charge in [0.1, 0.15) is 5.82 Å². The van der Waals surface area contributed by atoms with Gasteiger partial charge in [-0.05, 0) is 35.8 Å². The topological polar surface area (TPSA) is 59.1 Å². The van der Waals surface area contributed by atoms with Crippen LogP contribution in [0.4, 0.5) is 4.39 Å². The highest BCUT2D eigenvalue weighted by molar-refractivity contribution is 5.27. The zero-order chi connectivity index (χ0) is 15.3. The maximum Gasteiger partial charge on any atom is 0.146 e. The summed E-state index contributed by atoms with van der Waals surface area (Å²) in [6.07, 6.45) is 1.93. The van der Waals surface area contributed by atoms with Crippen LogP contribution >= 0.6 is 0 Å². The Labute approximate surface area is 110 Å². The summed E-state index contributed by atoms with van der Waals surface area (Å²) in [6.45, 7) is 3.19. The number of halogens is 1. The number of nitrogens with zero attached hydrogens (tertiary/aromatic N) is 1. The minimum Gasteiger partial charge on any atom is -0.396 e. The molecule has 2 rings (SSSR count). The lowest BCUT2D eigenvalue weighted by Crippen LogP contribution is -2.56. The van der Waals surface area contributed by atoms with Gasteiger partial charge in [0.2, 0.25) is 0 Å². The molecule has 0 amide bonds. The number of hydrogen-bond acceptors (Lipinski definition) is 3. The van der Waals surface area contributed by atoms with E-state index in [1.807, 2.05) is 13.8 Å². The quantitative estimate of drug-likeness (QED) is 0.870. The molecule has 100 valence electrons. The van der Waals surface area contributed by atoms with Gasteiger partial charge >= 0.3 is 0 Å². The number of rotatable bonds is 3. The number of aliphatic hydroxyl groups is 1. The monoisotopic (exact) mass is 254 g/mol. The lowest BCUT2D eigenvalue weighted by atomic mass is 9.57. The molecule has 0 aliphatic heterocycles. The molecule has 4 heteroatoms. The molecule has 1 aliphatic rings. The number of nitrogens with two attached hydrogens (primary N) is 1. The van der Waals surface area contributed by atoms with E-state index in [1.54, 1.807) is 13.1 Å². The Hall–Kier alpha value is -1.00. The molecule has 1 aromatic heterocycles. The molecule has 18 heavy (non-hydrogen) atoms. The summed E-state index contributed by atoms with van der Waals surface area (Å²) < 4.78 is 29.0. The van der Waals surface area contributed by atoms with Crippen LogP contribution in [0.2, 0.25) is 0 Å². The number of aromatic nitrogens is 1. The third-order valence-electron chi connectivity index (χ3n) is 3.68. The molecular formula is C14H21FN2O. The average molecular weight is 254 g/mol. The Morgan fingerprint density at radius 3 is 2.67 bits per heavy atom. The summed E-state index contributed by atoms with van der Waals surface area (Å²) in [6, 6.07) is 1.44. The first kappa shape index (κ1) is 10.9. The standard InChI is InChI=1S/C14H21FN2O/c1-9(2)10-4-11(15)12(17-5-10)14(16)6-13(3,7-14)8-18/h4-5,9,18H,6-8,16H2,1-3H3/i8D2. The van der Waals surface area contributed by atoms with Gasteiger partial charge in [0.05, 0.1) is 14.0 Å². The van der Waals surface area contributed by atoms with Gasteiger partial charge in [0.25, 0.3) is 0 Å². The molecule has 3 nitrogen and oxygen atoms in total. The fraction of sp³-hybridized carbons (Fsp3) is 0.643. The van der Waals surface area contributed by atoms with E-state index in [1.165, 1.54) is 6.07 Å². The van der Waals surface area contributed by atoms with E-state index < -0.39 is 23.3 Å². The van der Waals surface area contributed by atoms with Crippen molar-refractivity contribution in [3.63, 3.8) is 0 Å². The summed E-state index contributed by atoms with van der Waals surface area (Å²) in [5.41, 5.74) is 5.12. The zero-order valence-corrected chi connectivity index (χ0v) is 11.0. The van der Waals surface area contributed by atoms with Crippen LogP contribution in [0.3, 0.4) is 0 Å². The van der Waals surface area contributed by atoms with Crippen molar-refractivity contribution in [1.82, 2.24) is 4.98 Å². The van der Waals surface area contributed by atoms with Gasteiger partial charge in [0.15, 0.2) is 0 Å². The van der Waals surface area contributed by atoms with Gasteiger partial charge in [-0.1, -0.05) is 20.8 Å². The van der Waals surface area contributed by atoms with E-state index in [-0.39, 0.29) is 24.5 Å². The summed E-state index contributed by atoms with van der Waals surface area (Å²) in [4.78, 5) is 4.14. The molecule has 0 atom stereocenters. The average Bonchev–Trinajstić information content (AvgIpc) is 2.24. The van der Waals surface area contributed by atoms with Crippen LogP contribution in [0.15, 0.2) is 12.3 Å². The second-order valence-electron chi connectivity index (χ2n) is 5.94. The number of hydrogen-bond donors (Lipinski definition) is 2. The van der Waals surface area contributed by atoms with Crippen LogP contribution in [0, 0.1) is 11.2 Å². The largest absolute Gasteiger partial charge is 0.396 e. The summed E-state index contributed by atoms with van der Waals surface area (Å²) in [5, 5.41) is 9.53. The van der Waals surface area contributed by atoms with Gasteiger partial charge in [-0.15, -0.1) is 0 Å². The minimum absolute atomic E-state index is 0.156. The first-order valence-electron chi connectivity index (χ1n) is 7.16. The highest BCUT2D eigenvalue weighted by Gasteiger charge is 2.52. The Morgan fingerprint density at radius 2 is 2.22 bits per heavy atom. The molecule has 0 bridgehead atoms. The van der Waals surface area contributed by atoms with Crippen molar-refractivity contribution in [2.45, 2.75) is 45.1 Å². The van der Waals surface area contributed by atoms with Crippen LogP contribution in [-0.2, 0) is 5.54 Å². The Kier molecular flexibility index (Phi) is 2.59. The second kappa shape index (κ2) is 4.28. The predicted molar refractivity (Wildman–Crippen MR) is 68.6 cm³/mol. The molecule has 0 unspecified atom stereocenters. The van der Waals surface area contributed by atoms with Gasteiger partial charge in [-0.2, -0.15) is 0 Å². The highest BCUT2D eigenvalue weighted by atomic mass is 19.1. The first-order valence-corrected chi connectivity index (χ1v) is 6.16. The number of pyridine rings is 1. The maximum absolute atomic E-state index is 14.2.